The average molecular weight is 231 g/mol. The standard InChI is InChI=1S/C10H17NO3S/c1-7(2)10(14)15-6-4-3-5-8(11)9(12)13/h8H,1,3-6,11H2,2H3,(H,12,13). The summed E-state index contributed by atoms with van der Waals surface area (Å²) in [4.78, 5) is 21.5. The van der Waals surface area contributed by atoms with Gasteiger partial charge in [0.1, 0.15) is 6.04 Å². The van der Waals surface area contributed by atoms with Crippen LogP contribution in [0.1, 0.15) is 26.2 Å². The molecule has 0 bridgehead atoms. The molecule has 1 atom stereocenters. The lowest BCUT2D eigenvalue weighted by molar-refractivity contribution is -0.138. The lowest BCUT2D eigenvalue weighted by Crippen LogP contribution is -2.29. The summed E-state index contributed by atoms with van der Waals surface area (Å²) in [5.74, 6) is -0.279. The zero-order chi connectivity index (χ0) is 11.8. The van der Waals surface area contributed by atoms with Crippen molar-refractivity contribution in [1.82, 2.24) is 0 Å². The molecule has 0 saturated heterocycles. The third-order valence-electron chi connectivity index (χ3n) is 1.81. The molecule has 0 aliphatic carbocycles. The van der Waals surface area contributed by atoms with Gasteiger partial charge in [-0.2, -0.15) is 0 Å². The van der Waals surface area contributed by atoms with E-state index in [0.29, 0.717) is 17.7 Å². The molecule has 4 nitrogen and oxygen atoms in total. The van der Waals surface area contributed by atoms with E-state index in [-0.39, 0.29) is 5.12 Å². The van der Waals surface area contributed by atoms with Crippen LogP contribution in [0.15, 0.2) is 12.2 Å². The highest BCUT2D eigenvalue weighted by molar-refractivity contribution is 8.14. The second-order valence-electron chi connectivity index (χ2n) is 3.36. The Morgan fingerprint density at radius 1 is 1.47 bits per heavy atom. The molecule has 0 amide bonds. The maximum absolute atomic E-state index is 11.1. The summed E-state index contributed by atoms with van der Waals surface area (Å²) in [6.07, 6.45) is 1.98. The molecular formula is C10H17NO3S. The van der Waals surface area contributed by atoms with Crippen LogP contribution in [0.25, 0.3) is 0 Å². The number of carbonyl (C=O) groups excluding carboxylic acids is 1. The Morgan fingerprint density at radius 3 is 2.53 bits per heavy atom. The molecule has 0 aromatic heterocycles. The fraction of sp³-hybridized carbons (Fsp3) is 0.600. The molecule has 15 heavy (non-hydrogen) atoms. The van der Waals surface area contributed by atoms with E-state index in [9.17, 15) is 9.59 Å². The van der Waals surface area contributed by atoms with Crippen LogP contribution in [0.2, 0.25) is 0 Å². The quantitative estimate of drug-likeness (QED) is 0.511. The summed E-state index contributed by atoms with van der Waals surface area (Å²) in [6.45, 7) is 5.21. The summed E-state index contributed by atoms with van der Waals surface area (Å²) < 4.78 is 0. The van der Waals surface area contributed by atoms with Gasteiger partial charge in [0.2, 0.25) is 5.12 Å². The summed E-state index contributed by atoms with van der Waals surface area (Å²) in [5.41, 5.74) is 5.86. The number of aliphatic carboxylic acids is 1. The number of carbonyl (C=O) groups is 2. The fourth-order valence-corrected chi connectivity index (χ4v) is 1.66. The number of carboxylic acid groups (broad SMARTS) is 1. The molecule has 5 heteroatoms. The van der Waals surface area contributed by atoms with Gasteiger partial charge in [0.15, 0.2) is 0 Å². The van der Waals surface area contributed by atoms with Gasteiger partial charge in [-0.1, -0.05) is 24.8 Å². The van der Waals surface area contributed by atoms with E-state index >= 15 is 0 Å². The molecule has 0 aromatic carbocycles. The molecule has 0 heterocycles. The molecule has 0 aliphatic rings. The van der Waals surface area contributed by atoms with Crippen LogP contribution < -0.4 is 5.73 Å². The molecule has 3 N–H and O–H groups in total. The van der Waals surface area contributed by atoms with E-state index in [1.165, 1.54) is 11.8 Å². The van der Waals surface area contributed by atoms with Gasteiger partial charge in [0.25, 0.3) is 0 Å². The molecule has 0 spiro atoms. The van der Waals surface area contributed by atoms with Gasteiger partial charge in [-0.05, 0) is 25.3 Å². The first-order chi connectivity index (χ1) is 6.95. The van der Waals surface area contributed by atoms with Gasteiger partial charge >= 0.3 is 5.97 Å². The Hall–Kier alpha value is -0.810. The van der Waals surface area contributed by atoms with Crippen molar-refractivity contribution in [2.75, 3.05) is 5.75 Å². The molecule has 0 aromatic rings. The molecule has 0 rings (SSSR count). The van der Waals surface area contributed by atoms with E-state index in [1.54, 1.807) is 6.92 Å². The Kier molecular flexibility index (Phi) is 7.07. The third kappa shape index (κ3) is 7.16. The van der Waals surface area contributed by atoms with E-state index in [0.717, 1.165) is 12.8 Å². The van der Waals surface area contributed by atoms with E-state index < -0.39 is 12.0 Å². The summed E-state index contributed by atoms with van der Waals surface area (Å²) in [7, 11) is 0. The Bertz CT molecular complexity index is 253. The molecule has 0 fully saturated rings. The lowest BCUT2D eigenvalue weighted by Gasteiger charge is -2.05. The van der Waals surface area contributed by atoms with Gasteiger partial charge in [-0.25, -0.2) is 0 Å². The van der Waals surface area contributed by atoms with Crippen LogP contribution >= 0.6 is 11.8 Å². The first-order valence-corrected chi connectivity index (χ1v) is 5.74. The van der Waals surface area contributed by atoms with Crippen molar-refractivity contribution in [3.63, 3.8) is 0 Å². The van der Waals surface area contributed by atoms with Crippen molar-refractivity contribution in [2.24, 2.45) is 5.73 Å². The topological polar surface area (TPSA) is 80.4 Å². The molecule has 0 saturated carbocycles. The van der Waals surface area contributed by atoms with Gasteiger partial charge < -0.3 is 10.8 Å². The predicted octanol–water partition coefficient (Wildman–Crippen LogP) is 1.40. The monoisotopic (exact) mass is 231 g/mol. The van der Waals surface area contributed by atoms with Gasteiger partial charge in [0.05, 0.1) is 0 Å². The third-order valence-corrected chi connectivity index (χ3v) is 2.91. The number of hydrogen-bond acceptors (Lipinski definition) is 4. The number of hydrogen-bond donors (Lipinski definition) is 2. The average Bonchev–Trinajstić information content (AvgIpc) is 2.16. The zero-order valence-corrected chi connectivity index (χ0v) is 9.68. The molecule has 86 valence electrons. The second kappa shape index (κ2) is 7.48. The predicted molar refractivity (Wildman–Crippen MR) is 61.7 cm³/mol. The van der Waals surface area contributed by atoms with Crippen molar-refractivity contribution in [3.8, 4) is 0 Å². The number of thioether (sulfide) groups is 1. The molecular weight excluding hydrogens is 214 g/mol. The van der Waals surface area contributed by atoms with Gasteiger partial charge in [0, 0.05) is 5.75 Å². The van der Waals surface area contributed by atoms with Crippen molar-refractivity contribution < 1.29 is 14.7 Å². The lowest BCUT2D eigenvalue weighted by atomic mass is 10.1. The largest absolute Gasteiger partial charge is 0.480 e. The first-order valence-electron chi connectivity index (χ1n) is 4.76. The van der Waals surface area contributed by atoms with Crippen LogP contribution in [-0.4, -0.2) is 28.0 Å². The maximum atomic E-state index is 11.1. The van der Waals surface area contributed by atoms with Crippen LogP contribution in [-0.2, 0) is 9.59 Å². The normalized spacial score (nSPS) is 12.1. The highest BCUT2D eigenvalue weighted by atomic mass is 32.2. The van der Waals surface area contributed by atoms with Crippen molar-refractivity contribution >= 4 is 22.8 Å². The Morgan fingerprint density at radius 2 is 2.07 bits per heavy atom. The van der Waals surface area contributed by atoms with Crippen LogP contribution in [0.5, 0.6) is 0 Å². The maximum Gasteiger partial charge on any atom is 0.320 e. The van der Waals surface area contributed by atoms with Crippen molar-refractivity contribution in [3.05, 3.63) is 12.2 Å². The first kappa shape index (κ1) is 14.2. The fourth-order valence-electron chi connectivity index (χ4n) is 0.878. The summed E-state index contributed by atoms with van der Waals surface area (Å²) in [6, 6.07) is -0.785. The van der Waals surface area contributed by atoms with E-state index in [1.807, 2.05) is 0 Å². The van der Waals surface area contributed by atoms with E-state index in [2.05, 4.69) is 6.58 Å². The van der Waals surface area contributed by atoms with Crippen LogP contribution in [0.3, 0.4) is 0 Å². The minimum atomic E-state index is -0.972. The summed E-state index contributed by atoms with van der Waals surface area (Å²) in [5, 5.41) is 8.50. The minimum Gasteiger partial charge on any atom is -0.480 e. The molecule has 0 radical (unpaired) electrons. The Labute approximate surface area is 93.9 Å². The van der Waals surface area contributed by atoms with Crippen molar-refractivity contribution in [2.45, 2.75) is 32.2 Å². The second-order valence-corrected chi connectivity index (χ2v) is 4.42. The highest BCUT2D eigenvalue weighted by Gasteiger charge is 2.10. The number of carboxylic acids is 1. The summed E-state index contributed by atoms with van der Waals surface area (Å²) >= 11 is 1.22. The number of nitrogens with two attached hydrogens (primary N) is 1. The number of rotatable bonds is 7. The smallest absolute Gasteiger partial charge is 0.320 e. The molecule has 0 aliphatic heterocycles. The van der Waals surface area contributed by atoms with E-state index in [4.69, 9.17) is 10.8 Å². The van der Waals surface area contributed by atoms with Crippen LogP contribution in [0.4, 0.5) is 0 Å². The Balaban J connectivity index is 3.44. The minimum absolute atomic E-state index is 0.00228. The highest BCUT2D eigenvalue weighted by Crippen LogP contribution is 2.12. The zero-order valence-electron chi connectivity index (χ0n) is 8.86. The molecule has 1 unspecified atom stereocenters. The van der Waals surface area contributed by atoms with Gasteiger partial charge in [-0.3, -0.25) is 9.59 Å². The van der Waals surface area contributed by atoms with Crippen LogP contribution in [0, 0.1) is 0 Å². The van der Waals surface area contributed by atoms with Crippen molar-refractivity contribution in [1.29, 1.82) is 0 Å². The SMILES string of the molecule is C=C(C)C(=O)SCCCCC(N)C(=O)O. The van der Waals surface area contributed by atoms with Gasteiger partial charge in [-0.15, -0.1) is 0 Å². The number of unbranched alkanes of at least 4 members (excludes halogenated alkanes) is 1.